The molecule has 8 aromatic rings. The van der Waals surface area contributed by atoms with Crippen molar-refractivity contribution in [3.8, 4) is 45.5 Å². The first-order valence-electron chi connectivity index (χ1n) is 22.5. The summed E-state index contributed by atoms with van der Waals surface area (Å²) in [5, 5.41) is 16.6. The van der Waals surface area contributed by atoms with Gasteiger partial charge in [-0.15, -0.1) is 0 Å². The van der Waals surface area contributed by atoms with Crippen molar-refractivity contribution in [1.29, 1.82) is 5.26 Å². The van der Waals surface area contributed by atoms with E-state index in [4.69, 9.17) is 39.5 Å². The van der Waals surface area contributed by atoms with Gasteiger partial charge in [-0.05, 0) is 62.4 Å². The zero-order valence-corrected chi connectivity index (χ0v) is 40.2. The van der Waals surface area contributed by atoms with Gasteiger partial charge in [0.2, 0.25) is 0 Å². The third-order valence-corrected chi connectivity index (χ3v) is 12.6. The fraction of sp³-hybridized carbons (Fsp3) is 0.264. The lowest BCUT2D eigenvalue weighted by molar-refractivity contribution is -0.123. The molecule has 0 fully saturated rings. The summed E-state index contributed by atoms with van der Waals surface area (Å²) < 4.78 is 8.76. The number of halogens is 3. The number of rotatable bonds is 16. The van der Waals surface area contributed by atoms with E-state index in [0.717, 1.165) is 47.1 Å². The minimum atomic E-state index is -0.804. The molecule has 344 valence electrons. The molecule has 0 aliphatic heterocycles. The van der Waals surface area contributed by atoms with E-state index in [1.54, 1.807) is 19.1 Å². The summed E-state index contributed by atoms with van der Waals surface area (Å²) in [6.07, 6.45) is 8.87. The molecule has 0 saturated carbocycles. The Hall–Kier alpha value is -6.58. The number of ether oxygens (including phenoxy) is 1. The van der Waals surface area contributed by atoms with E-state index in [0.29, 0.717) is 50.9 Å². The van der Waals surface area contributed by atoms with Crippen molar-refractivity contribution < 1.29 is 9.53 Å². The number of aryl methyl sites for hydroxylation is 2. The Morgan fingerprint density at radius 2 is 1.39 bits per heavy atom. The summed E-state index contributed by atoms with van der Waals surface area (Å²) in [7, 11) is 0. The third kappa shape index (κ3) is 11.2. The maximum atomic E-state index is 13.4. The molecule has 0 aliphatic rings. The lowest BCUT2D eigenvalue weighted by Crippen LogP contribution is -2.34. The molecule has 8 rings (SSSR count). The molecule has 4 heterocycles. The smallest absolute Gasteiger partial charge is 0.274 e. The van der Waals surface area contributed by atoms with E-state index in [1.165, 1.54) is 47.1 Å². The predicted molar refractivity (Wildman–Crippen MR) is 271 cm³/mol. The number of unbranched alkanes of at least 4 members (excludes halogenated alkanes) is 7. The number of benzene rings is 4. The molecule has 11 nitrogen and oxygen atoms in total. The van der Waals surface area contributed by atoms with Crippen LogP contribution in [-0.4, -0.2) is 36.0 Å². The summed E-state index contributed by atoms with van der Waals surface area (Å²) in [4.78, 5) is 47.1. The first-order chi connectivity index (χ1) is 32.4. The van der Waals surface area contributed by atoms with Crippen molar-refractivity contribution in [3.63, 3.8) is 0 Å². The molecule has 0 aliphatic carbocycles. The highest BCUT2D eigenvalue weighted by atomic mass is 35.5. The van der Waals surface area contributed by atoms with Gasteiger partial charge >= 0.3 is 0 Å². The molecular weight excluding hydrogens is 905 g/mol. The zero-order chi connectivity index (χ0) is 47.6. The van der Waals surface area contributed by atoms with Gasteiger partial charge in [0, 0.05) is 22.8 Å². The fourth-order valence-electron chi connectivity index (χ4n) is 7.96. The Morgan fingerprint density at radius 1 is 0.776 bits per heavy atom. The van der Waals surface area contributed by atoms with Gasteiger partial charge in [-0.25, -0.2) is 9.38 Å². The van der Waals surface area contributed by atoms with Crippen LogP contribution in [0.25, 0.3) is 44.9 Å². The fourth-order valence-corrected chi connectivity index (χ4v) is 8.89. The standard InChI is InChI=1S/C31H36Cl2N4O3.C22H16ClN3O/c1-3-4-5-6-7-8-9-13-16-25(40-24-18-17-21(2)19-23(24)32)31(39)35-26-20-27(38)37-30(34-26)28(33)29(36-37)22-14-11-10-12-15-22;1-13-8-10-16(11-9-13)19-14(2)22(27)26-20(23)18(15-6-4-3-5-7-15)17(12-24)21(26)25-19/h10-12,14-15,17-20,25,36H,3-9,13,16H2,1-2H3,(H,35,39);3-11,25H,1-2H3. The lowest BCUT2D eigenvalue weighted by Gasteiger charge is -2.19. The van der Waals surface area contributed by atoms with Crippen LogP contribution in [0.4, 0.5) is 5.82 Å². The number of anilines is 1. The first-order valence-corrected chi connectivity index (χ1v) is 23.6. The molecule has 0 radical (unpaired) electrons. The molecule has 0 saturated heterocycles. The van der Waals surface area contributed by atoms with Crippen LogP contribution in [0.3, 0.4) is 0 Å². The quantitative estimate of drug-likeness (QED) is 0.0821. The van der Waals surface area contributed by atoms with Crippen molar-refractivity contribution in [2.75, 3.05) is 5.32 Å². The number of hydrogen-bond donors (Lipinski definition) is 3. The van der Waals surface area contributed by atoms with Gasteiger partial charge in [0.25, 0.3) is 17.0 Å². The van der Waals surface area contributed by atoms with Gasteiger partial charge in [0.15, 0.2) is 11.8 Å². The predicted octanol–water partition coefficient (Wildman–Crippen LogP) is 13.3. The van der Waals surface area contributed by atoms with E-state index in [1.807, 2.05) is 105 Å². The molecule has 3 N–H and O–H groups in total. The number of amides is 1. The number of carbonyl (C=O) groups excluding carboxylic acids is 1. The van der Waals surface area contributed by atoms with Crippen LogP contribution in [0, 0.1) is 32.1 Å². The maximum absolute atomic E-state index is 13.4. The molecule has 1 amide bonds. The van der Waals surface area contributed by atoms with Crippen molar-refractivity contribution in [2.24, 2.45) is 0 Å². The van der Waals surface area contributed by atoms with Crippen LogP contribution in [-0.2, 0) is 4.79 Å². The maximum Gasteiger partial charge on any atom is 0.274 e. The largest absolute Gasteiger partial charge is 0.479 e. The Labute approximate surface area is 404 Å². The first kappa shape index (κ1) is 48.4. The van der Waals surface area contributed by atoms with Gasteiger partial charge in [-0.1, -0.05) is 183 Å². The topological polar surface area (TPSA) is 150 Å². The van der Waals surface area contributed by atoms with Crippen molar-refractivity contribution in [3.05, 3.63) is 167 Å². The van der Waals surface area contributed by atoms with Crippen LogP contribution in [0.1, 0.15) is 87.0 Å². The van der Waals surface area contributed by atoms with Crippen LogP contribution < -0.4 is 21.2 Å². The molecule has 0 bridgehead atoms. The summed E-state index contributed by atoms with van der Waals surface area (Å²) in [5.41, 5.74) is 7.37. The van der Waals surface area contributed by atoms with Gasteiger partial charge in [-0.3, -0.25) is 19.5 Å². The van der Waals surface area contributed by atoms with Gasteiger partial charge < -0.3 is 15.0 Å². The summed E-state index contributed by atoms with van der Waals surface area (Å²) in [5.74, 6) is 0.150. The van der Waals surface area contributed by atoms with Crippen LogP contribution >= 0.6 is 34.8 Å². The molecule has 14 heteroatoms. The van der Waals surface area contributed by atoms with E-state index in [-0.39, 0.29) is 27.2 Å². The Morgan fingerprint density at radius 3 is 2.03 bits per heavy atom. The number of H-pyrrole nitrogens is 2. The van der Waals surface area contributed by atoms with Crippen molar-refractivity contribution >= 4 is 57.8 Å². The van der Waals surface area contributed by atoms with E-state index in [2.05, 4.69) is 33.4 Å². The number of carbonyl (C=O) groups is 1. The second-order valence-electron chi connectivity index (χ2n) is 16.6. The monoisotopic (exact) mass is 955 g/mol. The summed E-state index contributed by atoms with van der Waals surface area (Å²) in [6, 6.07) is 35.7. The summed E-state index contributed by atoms with van der Waals surface area (Å²) >= 11 is 19.6. The summed E-state index contributed by atoms with van der Waals surface area (Å²) in [6.45, 7) is 7.92. The molecular formula is C53H52Cl3N7O4. The minimum absolute atomic E-state index is 0.107. The molecule has 4 aromatic carbocycles. The number of nitriles is 1. The van der Waals surface area contributed by atoms with Crippen molar-refractivity contribution in [2.45, 2.75) is 91.6 Å². The number of aromatic nitrogens is 5. The number of nitrogens with zero attached hydrogens (tertiary/aromatic N) is 4. The molecule has 0 spiro atoms. The van der Waals surface area contributed by atoms with E-state index in [9.17, 15) is 19.6 Å². The highest BCUT2D eigenvalue weighted by Gasteiger charge is 2.25. The zero-order valence-electron chi connectivity index (χ0n) is 37.9. The van der Waals surface area contributed by atoms with Crippen LogP contribution in [0.15, 0.2) is 119 Å². The van der Waals surface area contributed by atoms with Crippen LogP contribution in [0.5, 0.6) is 5.75 Å². The number of fused-ring (bicyclic) bond motifs is 2. The van der Waals surface area contributed by atoms with E-state index >= 15 is 0 Å². The van der Waals surface area contributed by atoms with Gasteiger partial charge in [-0.2, -0.15) is 9.78 Å². The Balaban J connectivity index is 0.000000214. The van der Waals surface area contributed by atoms with Crippen molar-refractivity contribution in [1.82, 2.24) is 24.0 Å². The van der Waals surface area contributed by atoms with Gasteiger partial charge in [0.1, 0.15) is 39.0 Å². The number of nitrogens with one attached hydrogen (secondary N) is 3. The number of hydrogen-bond acceptors (Lipinski definition) is 6. The minimum Gasteiger partial charge on any atom is -0.479 e. The third-order valence-electron chi connectivity index (χ3n) is 11.6. The second kappa shape index (κ2) is 22.3. The van der Waals surface area contributed by atoms with E-state index < -0.39 is 17.6 Å². The van der Waals surface area contributed by atoms with Gasteiger partial charge in [0.05, 0.1) is 16.4 Å². The normalized spacial score (nSPS) is 11.6. The highest BCUT2D eigenvalue weighted by Crippen LogP contribution is 2.36. The highest BCUT2D eigenvalue weighted by molar-refractivity contribution is 6.36. The second-order valence-corrected chi connectivity index (χ2v) is 17.7. The Kier molecular flexibility index (Phi) is 16.1. The average molecular weight is 957 g/mol. The van der Waals surface area contributed by atoms with Crippen LogP contribution in [0.2, 0.25) is 15.2 Å². The number of aromatic amines is 2. The molecule has 4 aromatic heterocycles. The Bertz CT molecular complexity index is 3170. The molecule has 1 unspecified atom stereocenters. The molecule has 67 heavy (non-hydrogen) atoms. The average Bonchev–Trinajstić information content (AvgIpc) is 3.82. The molecule has 1 atom stereocenters. The SMILES string of the molecule is CCCCCCCCCCC(Oc1ccc(C)cc1Cl)C(=O)Nc1cc(=O)n2[nH]c(-c3ccccc3)c(Cl)c2n1.Cc1ccc(-c2[nH]c3c(C#N)c(-c4ccccc4)c(Cl)n3c(=O)c2C)cc1. The lowest BCUT2D eigenvalue weighted by atomic mass is 10.0.